The highest BCUT2D eigenvalue weighted by atomic mass is 14.7. The molecule has 4 rings (SSSR count). The highest BCUT2D eigenvalue weighted by Gasteiger charge is 2.04. The van der Waals surface area contributed by atoms with Gasteiger partial charge in [0.2, 0.25) is 0 Å². The molecule has 0 atom stereocenters. The average molecular weight is 335 g/mol. The van der Waals surface area contributed by atoms with Gasteiger partial charge in [-0.1, -0.05) is 90.0 Å². The molecule has 4 aromatic rings. The molecular weight excluding hydrogens is 314 g/mol. The Kier molecular flexibility index (Phi) is 4.37. The molecule has 0 radical (unpaired) electrons. The zero-order chi connectivity index (χ0) is 17.9. The summed E-state index contributed by atoms with van der Waals surface area (Å²) >= 11 is 0. The summed E-state index contributed by atoms with van der Waals surface area (Å²) in [5.41, 5.74) is 9.52. The fraction of sp³-hybridized carbons (Fsp3) is 0.0800. The van der Waals surface area contributed by atoms with Crippen molar-refractivity contribution >= 4 is 0 Å². The molecule has 126 valence electrons. The van der Waals surface area contributed by atoms with Gasteiger partial charge < -0.3 is 0 Å². The zero-order valence-corrected chi connectivity index (χ0v) is 15.1. The van der Waals surface area contributed by atoms with Gasteiger partial charge in [-0.25, -0.2) is 0 Å². The van der Waals surface area contributed by atoms with Gasteiger partial charge in [0.25, 0.3) is 0 Å². The third-order valence-corrected chi connectivity index (χ3v) is 4.61. The van der Waals surface area contributed by atoms with Gasteiger partial charge in [0, 0.05) is 17.3 Å². The van der Waals surface area contributed by atoms with Gasteiger partial charge >= 0.3 is 0 Å². The summed E-state index contributed by atoms with van der Waals surface area (Å²) in [4.78, 5) is 4.69. The first-order valence-corrected chi connectivity index (χ1v) is 8.90. The van der Waals surface area contributed by atoms with Crippen LogP contribution in [-0.4, -0.2) is 4.98 Å². The summed E-state index contributed by atoms with van der Waals surface area (Å²) in [5, 5.41) is 0. The van der Waals surface area contributed by atoms with Crippen molar-refractivity contribution < 1.29 is 0 Å². The third kappa shape index (κ3) is 3.43. The van der Waals surface area contributed by atoms with Gasteiger partial charge in [-0.3, -0.25) is 4.98 Å². The van der Waals surface area contributed by atoms with Gasteiger partial charge in [-0.15, -0.1) is 0 Å². The molecule has 0 aliphatic rings. The van der Waals surface area contributed by atoms with E-state index in [9.17, 15) is 0 Å². The maximum absolute atomic E-state index is 4.69. The first-order chi connectivity index (χ1) is 12.7. The normalized spacial score (nSPS) is 10.7. The highest BCUT2D eigenvalue weighted by molar-refractivity contribution is 5.71. The Hall–Kier alpha value is -3.19. The van der Waals surface area contributed by atoms with Crippen LogP contribution in [0.15, 0.2) is 91.1 Å². The molecule has 26 heavy (non-hydrogen) atoms. The van der Waals surface area contributed by atoms with Gasteiger partial charge in [0.1, 0.15) is 0 Å². The standard InChI is InChI=1S/C25H21N/c1-18-14-19(2)16-24(15-18)23-12-13-25(26-17-23)22-10-8-21(9-11-22)20-6-4-3-5-7-20/h3-17H,1-2H3. The second-order valence-electron chi connectivity index (χ2n) is 6.75. The predicted molar refractivity (Wildman–Crippen MR) is 110 cm³/mol. The van der Waals surface area contributed by atoms with Crippen molar-refractivity contribution in [3.8, 4) is 33.5 Å². The molecule has 0 spiro atoms. The number of hydrogen-bond acceptors (Lipinski definition) is 1. The lowest BCUT2D eigenvalue weighted by molar-refractivity contribution is 1.31. The molecule has 0 saturated carbocycles. The van der Waals surface area contributed by atoms with Crippen molar-refractivity contribution in [1.29, 1.82) is 0 Å². The number of rotatable bonds is 3. The Morgan fingerprint density at radius 1 is 0.500 bits per heavy atom. The van der Waals surface area contributed by atoms with E-state index in [1.807, 2.05) is 12.3 Å². The van der Waals surface area contributed by atoms with Crippen LogP contribution in [0.4, 0.5) is 0 Å². The number of aromatic nitrogens is 1. The van der Waals surface area contributed by atoms with Crippen LogP contribution in [-0.2, 0) is 0 Å². The summed E-state index contributed by atoms with van der Waals surface area (Å²) in [6.07, 6.45) is 1.97. The quantitative estimate of drug-likeness (QED) is 0.406. The molecular formula is C25H21N. The van der Waals surface area contributed by atoms with Crippen LogP contribution in [0, 0.1) is 13.8 Å². The maximum atomic E-state index is 4.69. The molecule has 0 aliphatic heterocycles. The van der Waals surface area contributed by atoms with Crippen LogP contribution in [0.5, 0.6) is 0 Å². The molecule has 0 bridgehead atoms. The Bertz CT molecular complexity index is 994. The second kappa shape index (κ2) is 6.97. The Morgan fingerprint density at radius 2 is 1.08 bits per heavy atom. The summed E-state index contributed by atoms with van der Waals surface area (Å²) in [5.74, 6) is 0. The van der Waals surface area contributed by atoms with Crippen molar-refractivity contribution in [1.82, 2.24) is 4.98 Å². The Labute approximate surface area is 155 Å². The molecule has 1 nitrogen and oxygen atoms in total. The van der Waals surface area contributed by atoms with Crippen molar-refractivity contribution in [2.75, 3.05) is 0 Å². The summed E-state index contributed by atoms with van der Waals surface area (Å²) in [6, 6.07) is 29.9. The molecule has 1 heteroatoms. The zero-order valence-electron chi connectivity index (χ0n) is 15.1. The summed E-state index contributed by atoms with van der Waals surface area (Å²) < 4.78 is 0. The van der Waals surface area contributed by atoms with Crippen LogP contribution in [0.1, 0.15) is 11.1 Å². The van der Waals surface area contributed by atoms with E-state index in [2.05, 4.69) is 97.7 Å². The van der Waals surface area contributed by atoms with Crippen molar-refractivity contribution in [3.63, 3.8) is 0 Å². The van der Waals surface area contributed by atoms with Gasteiger partial charge in [-0.05, 0) is 36.6 Å². The average Bonchev–Trinajstić information content (AvgIpc) is 2.68. The largest absolute Gasteiger partial charge is 0.256 e. The molecule has 0 fully saturated rings. The minimum atomic E-state index is 0.998. The van der Waals surface area contributed by atoms with Crippen LogP contribution in [0.3, 0.4) is 0 Å². The number of aryl methyl sites for hydroxylation is 2. The molecule has 0 saturated heterocycles. The van der Waals surface area contributed by atoms with Gasteiger partial charge in [0.05, 0.1) is 5.69 Å². The monoisotopic (exact) mass is 335 g/mol. The van der Waals surface area contributed by atoms with E-state index in [0.29, 0.717) is 0 Å². The van der Waals surface area contributed by atoms with E-state index in [4.69, 9.17) is 0 Å². The predicted octanol–water partition coefficient (Wildman–Crippen LogP) is 6.70. The van der Waals surface area contributed by atoms with E-state index >= 15 is 0 Å². The van der Waals surface area contributed by atoms with Crippen LogP contribution >= 0.6 is 0 Å². The summed E-state index contributed by atoms with van der Waals surface area (Å²) in [7, 11) is 0. The molecule has 3 aromatic carbocycles. The first kappa shape index (κ1) is 16.3. The Balaban J connectivity index is 1.61. The lowest BCUT2D eigenvalue weighted by Gasteiger charge is -2.07. The topological polar surface area (TPSA) is 12.9 Å². The number of nitrogens with zero attached hydrogens (tertiary/aromatic N) is 1. The molecule has 0 unspecified atom stereocenters. The van der Waals surface area contributed by atoms with E-state index in [1.54, 1.807) is 0 Å². The van der Waals surface area contributed by atoms with E-state index in [1.165, 1.54) is 27.8 Å². The van der Waals surface area contributed by atoms with E-state index < -0.39 is 0 Å². The number of pyridine rings is 1. The third-order valence-electron chi connectivity index (χ3n) is 4.61. The molecule has 1 heterocycles. The molecule has 0 aliphatic carbocycles. The van der Waals surface area contributed by atoms with Crippen LogP contribution in [0.2, 0.25) is 0 Å². The van der Waals surface area contributed by atoms with Gasteiger partial charge in [-0.2, -0.15) is 0 Å². The molecule has 0 N–H and O–H groups in total. The van der Waals surface area contributed by atoms with Crippen LogP contribution in [0.25, 0.3) is 33.5 Å². The molecule has 0 amide bonds. The minimum absolute atomic E-state index is 0.998. The number of hydrogen-bond donors (Lipinski definition) is 0. The van der Waals surface area contributed by atoms with Crippen LogP contribution < -0.4 is 0 Å². The number of benzene rings is 3. The highest BCUT2D eigenvalue weighted by Crippen LogP contribution is 2.26. The Morgan fingerprint density at radius 3 is 1.69 bits per heavy atom. The minimum Gasteiger partial charge on any atom is -0.256 e. The lowest BCUT2D eigenvalue weighted by atomic mass is 10.0. The van der Waals surface area contributed by atoms with Crippen molar-refractivity contribution in [2.45, 2.75) is 13.8 Å². The smallest absolute Gasteiger partial charge is 0.0702 e. The SMILES string of the molecule is Cc1cc(C)cc(-c2ccc(-c3ccc(-c4ccccc4)cc3)nc2)c1. The van der Waals surface area contributed by atoms with Crippen molar-refractivity contribution in [3.05, 3.63) is 102 Å². The fourth-order valence-electron chi connectivity index (χ4n) is 3.34. The van der Waals surface area contributed by atoms with E-state index in [-0.39, 0.29) is 0 Å². The van der Waals surface area contributed by atoms with E-state index in [0.717, 1.165) is 16.8 Å². The second-order valence-corrected chi connectivity index (χ2v) is 6.75. The fourth-order valence-corrected chi connectivity index (χ4v) is 3.34. The molecule has 1 aromatic heterocycles. The lowest BCUT2D eigenvalue weighted by Crippen LogP contribution is -1.87. The summed E-state index contributed by atoms with van der Waals surface area (Å²) in [6.45, 7) is 4.26. The van der Waals surface area contributed by atoms with Crippen molar-refractivity contribution in [2.24, 2.45) is 0 Å². The van der Waals surface area contributed by atoms with Gasteiger partial charge in [0.15, 0.2) is 0 Å². The maximum Gasteiger partial charge on any atom is 0.0702 e. The first-order valence-electron chi connectivity index (χ1n) is 8.90.